The van der Waals surface area contributed by atoms with Crippen molar-refractivity contribution < 1.29 is 28.7 Å². The zero-order valence-electron chi connectivity index (χ0n) is 29.3. The Balaban J connectivity index is 1.71. The molecule has 16 heteroatoms. The fourth-order valence-corrected chi connectivity index (χ4v) is 5.88. The molecule has 0 fully saturated rings. The minimum absolute atomic E-state index is 0.0106. The van der Waals surface area contributed by atoms with E-state index < -0.39 is 60.0 Å². The molecule has 282 valence electrons. The van der Waals surface area contributed by atoms with Crippen LogP contribution < -0.4 is 44.2 Å². The van der Waals surface area contributed by atoms with Crippen molar-refractivity contribution in [3.8, 4) is 5.75 Å². The second-order valence-corrected chi connectivity index (χ2v) is 12.8. The molecule has 3 aromatic rings. The molecule has 53 heavy (non-hydrogen) atoms. The summed E-state index contributed by atoms with van der Waals surface area (Å²) in [4.78, 5) is 62.4. The first-order valence-electron chi connectivity index (χ1n) is 17.3. The number of benzene rings is 3. The maximum atomic E-state index is 16.4. The maximum Gasteiger partial charge on any atom is 0.243 e. The Bertz CT molecular complexity index is 1840. The van der Waals surface area contributed by atoms with Crippen molar-refractivity contribution in [3.63, 3.8) is 0 Å². The van der Waals surface area contributed by atoms with Crippen molar-refractivity contribution in [1.82, 2.24) is 21.3 Å². The van der Waals surface area contributed by atoms with Crippen LogP contribution in [0.1, 0.15) is 36.8 Å². The molecule has 0 saturated carbocycles. The fourth-order valence-electron chi connectivity index (χ4n) is 5.88. The molecule has 0 saturated heterocycles. The first kappa shape index (κ1) is 39.6. The summed E-state index contributed by atoms with van der Waals surface area (Å²) in [5.74, 6) is -4.90. The third-order valence-corrected chi connectivity index (χ3v) is 8.59. The third kappa shape index (κ3) is 12.8. The molecule has 1 aliphatic rings. The van der Waals surface area contributed by atoms with Gasteiger partial charge in [-0.15, -0.1) is 0 Å². The minimum atomic E-state index is -1.22. The molecule has 13 N–H and O–H groups in total. The lowest BCUT2D eigenvalue weighted by atomic mass is 9.94. The van der Waals surface area contributed by atoms with Crippen LogP contribution in [0.15, 0.2) is 88.6 Å². The van der Waals surface area contributed by atoms with E-state index in [9.17, 15) is 24.3 Å². The van der Waals surface area contributed by atoms with E-state index in [0.717, 1.165) is 22.4 Å². The van der Waals surface area contributed by atoms with Crippen LogP contribution in [0.2, 0.25) is 0 Å². The number of guanidine groups is 2. The fraction of sp³-hybridized carbons (Fsp3) is 0.351. The van der Waals surface area contributed by atoms with Crippen molar-refractivity contribution in [2.75, 3.05) is 19.6 Å². The Hall–Kier alpha value is -6.19. The quantitative estimate of drug-likeness (QED) is 0.0712. The van der Waals surface area contributed by atoms with Gasteiger partial charge in [0.15, 0.2) is 11.9 Å². The highest BCUT2D eigenvalue weighted by Gasteiger charge is 2.30. The van der Waals surface area contributed by atoms with Crippen molar-refractivity contribution >= 4 is 46.3 Å². The predicted molar refractivity (Wildman–Crippen MR) is 201 cm³/mol. The lowest BCUT2D eigenvalue weighted by Crippen LogP contribution is -2.56. The van der Waals surface area contributed by atoms with Crippen LogP contribution in [0.3, 0.4) is 0 Å². The minimum Gasteiger partial charge on any atom is -0.508 e. The number of aliphatic imine (C=N–C) groups is 2. The van der Waals surface area contributed by atoms with Gasteiger partial charge in [-0.3, -0.25) is 29.2 Å². The third-order valence-electron chi connectivity index (χ3n) is 8.59. The average Bonchev–Trinajstić information content (AvgIpc) is 3.12. The van der Waals surface area contributed by atoms with E-state index >= 15 is 4.39 Å². The number of halogens is 1. The van der Waals surface area contributed by atoms with E-state index in [2.05, 4.69) is 31.3 Å². The summed E-state index contributed by atoms with van der Waals surface area (Å²) < 4.78 is 16.4. The molecule has 0 radical (unpaired) electrons. The van der Waals surface area contributed by atoms with Gasteiger partial charge in [0.25, 0.3) is 0 Å². The van der Waals surface area contributed by atoms with E-state index in [1.54, 1.807) is 12.1 Å². The van der Waals surface area contributed by atoms with Gasteiger partial charge in [-0.1, -0.05) is 54.6 Å². The number of fused-ring (bicyclic) bond motifs is 1. The van der Waals surface area contributed by atoms with E-state index in [1.165, 1.54) is 12.1 Å². The second-order valence-electron chi connectivity index (χ2n) is 12.8. The van der Waals surface area contributed by atoms with Gasteiger partial charge >= 0.3 is 0 Å². The summed E-state index contributed by atoms with van der Waals surface area (Å²) in [6.07, 6.45) is 1.86. The molecule has 0 bridgehead atoms. The Morgan fingerprint density at radius 3 is 1.94 bits per heavy atom. The maximum absolute atomic E-state index is 16.4. The van der Waals surface area contributed by atoms with E-state index in [1.807, 2.05) is 42.5 Å². The lowest BCUT2D eigenvalue weighted by Gasteiger charge is -2.25. The highest BCUT2D eigenvalue weighted by atomic mass is 19.1. The number of phenols is 1. The zero-order chi connectivity index (χ0) is 38.3. The number of hydrogen-bond donors (Lipinski definition) is 9. The number of phenolic OH excluding ortho intramolecular Hbond substituents is 1. The highest BCUT2D eigenvalue weighted by molar-refractivity contribution is 5.94. The number of hydrogen-bond acceptors (Lipinski definition) is 7. The standard InChI is InChI=1S/C37H47FN10O5/c38-28-20-26(18-23-9-12-24-5-1-2-6-25(24)17-23)33(51)45-21-32(50)46-31(19-22-10-13-27(49)14-11-22)35(53)48-30(8-4-16-44-37(41)42)34(52)47-29(28)7-3-15-43-36(39)40/h1-2,5-6,9-14,17,20,26,29-31,49H,3-4,7-8,15-16,18-19,21H2,(H,45,51)(H,46,50)(H,47,52)(H,48,53)(H4,39,40,43)(H4,41,42,44)/b28-20-/t26-,29+,30+,31?/m1/s1. The van der Waals surface area contributed by atoms with Crippen molar-refractivity contribution in [3.05, 3.63) is 89.8 Å². The van der Waals surface area contributed by atoms with Crippen molar-refractivity contribution in [1.29, 1.82) is 0 Å². The number of nitrogens with two attached hydrogens (primary N) is 4. The number of nitrogens with one attached hydrogen (secondary N) is 4. The first-order valence-corrected chi connectivity index (χ1v) is 17.3. The Morgan fingerprint density at radius 1 is 0.698 bits per heavy atom. The van der Waals surface area contributed by atoms with Gasteiger partial charge in [0.05, 0.1) is 18.5 Å². The van der Waals surface area contributed by atoms with Gasteiger partial charge in [0, 0.05) is 19.5 Å². The molecule has 4 atom stereocenters. The Morgan fingerprint density at radius 2 is 1.28 bits per heavy atom. The number of rotatable bonds is 12. The summed E-state index contributed by atoms with van der Waals surface area (Å²) in [5.41, 5.74) is 23.2. The highest BCUT2D eigenvalue weighted by Crippen LogP contribution is 2.22. The number of nitrogens with zero attached hydrogens (tertiary/aromatic N) is 2. The monoisotopic (exact) mass is 730 g/mol. The molecule has 4 amide bonds. The molecule has 3 aromatic carbocycles. The van der Waals surface area contributed by atoms with Gasteiger partial charge in [-0.2, -0.15) is 0 Å². The van der Waals surface area contributed by atoms with Crippen molar-refractivity contribution in [2.45, 2.75) is 56.7 Å². The van der Waals surface area contributed by atoms with Crippen LogP contribution in [0.25, 0.3) is 10.8 Å². The number of carbonyl (C=O) groups excluding carboxylic acids is 4. The van der Waals surface area contributed by atoms with Gasteiger partial charge in [-0.25, -0.2) is 4.39 Å². The second kappa shape index (κ2) is 19.4. The summed E-state index contributed by atoms with van der Waals surface area (Å²) >= 11 is 0. The molecule has 1 unspecified atom stereocenters. The molecule has 1 heterocycles. The van der Waals surface area contributed by atoms with Crippen LogP contribution in [0.4, 0.5) is 4.39 Å². The molecule has 15 nitrogen and oxygen atoms in total. The van der Waals surface area contributed by atoms with Gasteiger partial charge in [0.2, 0.25) is 23.6 Å². The molecule has 1 aliphatic heterocycles. The van der Waals surface area contributed by atoms with E-state index in [0.29, 0.717) is 5.56 Å². The summed E-state index contributed by atoms with van der Waals surface area (Å²) in [5, 5.41) is 22.3. The SMILES string of the molecule is NC(N)=NCCC[C@@H]1NC(=O)C(Cc2ccc(O)cc2)NC(=O)CNC(=O)[C@H](Cc2ccc3ccccc3c2)/C=C(\F)[C@H](CCCN=C(N)N)NC1=O. The number of aromatic hydroxyl groups is 1. The topological polar surface area (TPSA) is 265 Å². The molecule has 0 aromatic heterocycles. The largest absolute Gasteiger partial charge is 0.508 e. The normalized spacial score (nSPS) is 21.0. The summed E-state index contributed by atoms with van der Waals surface area (Å²) in [7, 11) is 0. The van der Waals surface area contributed by atoms with E-state index in [-0.39, 0.29) is 69.3 Å². The molecule has 0 aliphatic carbocycles. The van der Waals surface area contributed by atoms with Crippen LogP contribution in [0, 0.1) is 5.92 Å². The Labute approximate surface area is 306 Å². The van der Waals surface area contributed by atoms with Gasteiger partial charge < -0.3 is 49.3 Å². The summed E-state index contributed by atoms with van der Waals surface area (Å²) in [6.45, 7) is -0.215. The lowest BCUT2D eigenvalue weighted by molar-refractivity contribution is -0.132. The predicted octanol–water partition coefficient (Wildman–Crippen LogP) is 0.492. The average molecular weight is 731 g/mol. The first-order chi connectivity index (χ1) is 25.4. The van der Waals surface area contributed by atoms with Gasteiger partial charge in [-0.05, 0) is 72.2 Å². The smallest absolute Gasteiger partial charge is 0.243 e. The van der Waals surface area contributed by atoms with Crippen molar-refractivity contribution in [2.24, 2.45) is 38.8 Å². The van der Waals surface area contributed by atoms with Crippen LogP contribution in [0.5, 0.6) is 5.75 Å². The Kier molecular flexibility index (Phi) is 14.5. The van der Waals surface area contributed by atoms with Crippen LogP contribution in [-0.4, -0.2) is 78.4 Å². The summed E-state index contributed by atoms with van der Waals surface area (Å²) in [6, 6.07) is 15.8. The van der Waals surface area contributed by atoms with Crippen LogP contribution >= 0.6 is 0 Å². The molecular formula is C37H47FN10O5. The molecular weight excluding hydrogens is 683 g/mol. The molecule has 0 spiro atoms. The van der Waals surface area contributed by atoms with E-state index in [4.69, 9.17) is 22.9 Å². The molecule has 4 rings (SSSR count). The number of amides is 4. The van der Waals surface area contributed by atoms with Gasteiger partial charge in [0.1, 0.15) is 23.7 Å². The zero-order valence-corrected chi connectivity index (χ0v) is 29.3. The number of carbonyl (C=O) groups is 4. The van der Waals surface area contributed by atoms with Crippen LogP contribution in [-0.2, 0) is 32.0 Å².